The van der Waals surface area contributed by atoms with E-state index in [1.54, 1.807) is 0 Å². The number of allylic oxidation sites excluding steroid dienone is 1. The lowest BCUT2D eigenvalue weighted by molar-refractivity contribution is 0.252. The van der Waals surface area contributed by atoms with Crippen molar-refractivity contribution in [3.63, 3.8) is 0 Å². The molecule has 15 heavy (non-hydrogen) atoms. The van der Waals surface area contributed by atoms with Crippen LogP contribution in [-0.4, -0.2) is 0 Å². The van der Waals surface area contributed by atoms with Crippen molar-refractivity contribution in [3.8, 4) is 12.3 Å². The highest BCUT2D eigenvalue weighted by Gasteiger charge is 2.62. The summed E-state index contributed by atoms with van der Waals surface area (Å²) in [6.45, 7) is 8.66. The number of terminal acetylenes is 1. The Morgan fingerprint density at radius 2 is 2.20 bits per heavy atom. The molecule has 2 rings (SSSR count). The van der Waals surface area contributed by atoms with E-state index in [9.17, 15) is 0 Å². The van der Waals surface area contributed by atoms with Crippen LogP contribution in [-0.2, 0) is 0 Å². The van der Waals surface area contributed by atoms with E-state index in [4.69, 9.17) is 6.42 Å². The minimum atomic E-state index is 0.535. The number of hydrogen-bond donors (Lipinski definition) is 0. The summed E-state index contributed by atoms with van der Waals surface area (Å²) < 4.78 is 0. The van der Waals surface area contributed by atoms with Crippen molar-refractivity contribution in [2.45, 2.75) is 39.5 Å². The van der Waals surface area contributed by atoms with Crippen molar-refractivity contribution < 1.29 is 0 Å². The summed E-state index contributed by atoms with van der Waals surface area (Å²) in [5.41, 5.74) is 0.567. The van der Waals surface area contributed by atoms with Crippen molar-refractivity contribution >= 4 is 0 Å². The quantitative estimate of drug-likeness (QED) is 0.481. The van der Waals surface area contributed by atoms with Gasteiger partial charge in [-0.2, -0.15) is 0 Å². The molecule has 3 unspecified atom stereocenters. The molecule has 0 heterocycles. The number of rotatable bonds is 3. The first kappa shape index (κ1) is 10.8. The third-order valence-electron chi connectivity index (χ3n) is 4.82. The SMILES string of the molecule is C#C[C@H]1CCC2C(C1CCC=C)C2(C)C. The van der Waals surface area contributed by atoms with E-state index in [0.717, 1.165) is 24.2 Å². The number of fused-ring (bicyclic) bond motifs is 1. The number of hydrogen-bond acceptors (Lipinski definition) is 0. The average Bonchev–Trinajstić information content (AvgIpc) is 2.78. The van der Waals surface area contributed by atoms with Gasteiger partial charge in [0.25, 0.3) is 0 Å². The van der Waals surface area contributed by atoms with E-state index in [1.807, 2.05) is 6.08 Å². The second kappa shape index (κ2) is 3.71. The van der Waals surface area contributed by atoms with Gasteiger partial charge in [-0.1, -0.05) is 19.9 Å². The molecule has 0 radical (unpaired) electrons. The fourth-order valence-electron chi connectivity index (χ4n) is 3.91. The second-order valence-corrected chi connectivity index (χ2v) is 5.83. The summed E-state index contributed by atoms with van der Waals surface area (Å²) in [6.07, 6.45) is 12.7. The molecule has 2 saturated carbocycles. The normalized spacial score (nSPS) is 41.4. The molecule has 4 atom stereocenters. The van der Waals surface area contributed by atoms with E-state index < -0.39 is 0 Å². The maximum Gasteiger partial charge on any atom is 0.0231 e. The van der Waals surface area contributed by atoms with Crippen LogP contribution in [0.2, 0.25) is 0 Å². The molecule has 0 nitrogen and oxygen atoms in total. The van der Waals surface area contributed by atoms with Crippen molar-refractivity contribution in [1.29, 1.82) is 0 Å². The van der Waals surface area contributed by atoms with Crippen LogP contribution in [0.1, 0.15) is 39.5 Å². The van der Waals surface area contributed by atoms with E-state index in [0.29, 0.717) is 11.3 Å². The van der Waals surface area contributed by atoms with Gasteiger partial charge in [0.2, 0.25) is 0 Å². The van der Waals surface area contributed by atoms with Crippen LogP contribution in [0, 0.1) is 41.4 Å². The Kier molecular flexibility index (Phi) is 2.67. The van der Waals surface area contributed by atoms with Gasteiger partial charge in [-0.05, 0) is 48.9 Å². The molecule has 0 aromatic rings. The highest BCUT2D eigenvalue weighted by atomic mass is 14.7. The lowest BCUT2D eigenvalue weighted by Gasteiger charge is -2.27. The Balaban J connectivity index is 2.08. The van der Waals surface area contributed by atoms with Gasteiger partial charge in [0.1, 0.15) is 0 Å². The highest BCUT2D eigenvalue weighted by molar-refractivity contribution is 5.15. The minimum Gasteiger partial charge on any atom is -0.120 e. The van der Waals surface area contributed by atoms with Crippen molar-refractivity contribution in [3.05, 3.63) is 12.7 Å². The van der Waals surface area contributed by atoms with Gasteiger partial charge in [-0.25, -0.2) is 0 Å². The zero-order chi connectivity index (χ0) is 11.1. The molecule has 0 aliphatic heterocycles. The second-order valence-electron chi connectivity index (χ2n) is 5.83. The first-order chi connectivity index (χ1) is 7.12. The topological polar surface area (TPSA) is 0 Å². The van der Waals surface area contributed by atoms with Crippen LogP contribution in [0.3, 0.4) is 0 Å². The fraction of sp³-hybridized carbons (Fsp3) is 0.733. The van der Waals surface area contributed by atoms with Crippen molar-refractivity contribution in [2.75, 3.05) is 0 Å². The fourth-order valence-corrected chi connectivity index (χ4v) is 3.91. The van der Waals surface area contributed by atoms with Crippen molar-refractivity contribution in [1.82, 2.24) is 0 Å². The van der Waals surface area contributed by atoms with Crippen LogP contribution in [0.25, 0.3) is 0 Å². The Bertz CT molecular complexity index is 292. The van der Waals surface area contributed by atoms with Gasteiger partial charge in [-0.15, -0.1) is 18.9 Å². The molecule has 0 saturated heterocycles. The Labute approximate surface area is 94.1 Å². The van der Waals surface area contributed by atoms with Crippen LogP contribution in [0.4, 0.5) is 0 Å². The molecule has 0 spiro atoms. The van der Waals surface area contributed by atoms with Gasteiger partial charge in [0.05, 0.1) is 0 Å². The van der Waals surface area contributed by atoms with Gasteiger partial charge < -0.3 is 0 Å². The molecule has 0 N–H and O–H groups in total. The van der Waals surface area contributed by atoms with Gasteiger partial charge in [0, 0.05) is 5.92 Å². The van der Waals surface area contributed by atoms with Gasteiger partial charge in [-0.3, -0.25) is 0 Å². The van der Waals surface area contributed by atoms with E-state index >= 15 is 0 Å². The standard InChI is InChI=1S/C15H22/c1-5-7-8-12-11(6-2)9-10-13-14(12)15(13,3)4/h2,5,11-14H,1,7-10H2,3-4H3/t11-,12?,13?,14?/m0/s1. The van der Waals surface area contributed by atoms with Crippen LogP contribution >= 0.6 is 0 Å². The predicted octanol–water partition coefficient (Wildman–Crippen LogP) is 3.88. The molecule has 2 fully saturated rings. The molecule has 2 aliphatic rings. The lowest BCUT2D eigenvalue weighted by Crippen LogP contribution is -2.21. The van der Waals surface area contributed by atoms with Crippen LogP contribution in [0.15, 0.2) is 12.7 Å². The average molecular weight is 202 g/mol. The molecule has 0 amide bonds. The zero-order valence-electron chi connectivity index (χ0n) is 10.00. The van der Waals surface area contributed by atoms with Gasteiger partial charge in [0.15, 0.2) is 0 Å². The Morgan fingerprint density at radius 3 is 2.80 bits per heavy atom. The molecule has 0 aromatic heterocycles. The minimum absolute atomic E-state index is 0.535. The Hall–Kier alpha value is -0.700. The zero-order valence-corrected chi connectivity index (χ0v) is 10.00. The Morgan fingerprint density at radius 1 is 1.47 bits per heavy atom. The highest BCUT2D eigenvalue weighted by Crippen LogP contribution is 2.68. The summed E-state index contributed by atoms with van der Waals surface area (Å²) in [4.78, 5) is 0. The van der Waals surface area contributed by atoms with Crippen LogP contribution in [0.5, 0.6) is 0 Å². The summed E-state index contributed by atoms with van der Waals surface area (Å²) in [6, 6.07) is 0. The summed E-state index contributed by atoms with van der Waals surface area (Å²) in [7, 11) is 0. The third-order valence-corrected chi connectivity index (χ3v) is 4.82. The van der Waals surface area contributed by atoms with Crippen LogP contribution < -0.4 is 0 Å². The summed E-state index contributed by atoms with van der Waals surface area (Å²) in [5.74, 6) is 6.18. The maximum atomic E-state index is 5.66. The third kappa shape index (κ3) is 1.63. The molecule has 0 heteroatoms. The maximum absolute atomic E-state index is 5.66. The molecular weight excluding hydrogens is 180 g/mol. The first-order valence-electron chi connectivity index (χ1n) is 6.20. The van der Waals surface area contributed by atoms with Crippen molar-refractivity contribution in [2.24, 2.45) is 29.1 Å². The van der Waals surface area contributed by atoms with Gasteiger partial charge >= 0.3 is 0 Å². The van der Waals surface area contributed by atoms with E-state index in [1.165, 1.54) is 19.3 Å². The largest absolute Gasteiger partial charge is 0.120 e. The summed E-state index contributed by atoms with van der Waals surface area (Å²) in [5, 5.41) is 0. The molecular formula is C15H22. The molecule has 2 aliphatic carbocycles. The lowest BCUT2D eigenvalue weighted by atomic mass is 9.77. The molecule has 0 bridgehead atoms. The predicted molar refractivity (Wildman–Crippen MR) is 65.2 cm³/mol. The molecule has 82 valence electrons. The summed E-state index contributed by atoms with van der Waals surface area (Å²) >= 11 is 0. The molecule has 0 aromatic carbocycles. The first-order valence-corrected chi connectivity index (χ1v) is 6.20. The smallest absolute Gasteiger partial charge is 0.0231 e. The van der Waals surface area contributed by atoms with E-state index in [-0.39, 0.29) is 0 Å². The van der Waals surface area contributed by atoms with E-state index in [2.05, 4.69) is 26.3 Å². The monoisotopic (exact) mass is 202 g/mol.